The predicted molar refractivity (Wildman–Crippen MR) is 84.1 cm³/mol. The Morgan fingerprint density at radius 2 is 1.45 bits per heavy atom. The minimum atomic E-state index is 0.109. The highest BCUT2D eigenvalue weighted by Crippen LogP contribution is 2.34. The summed E-state index contributed by atoms with van der Waals surface area (Å²) in [6.07, 6.45) is 0. The topological polar surface area (TPSA) is 17.1 Å². The van der Waals surface area contributed by atoms with Crippen molar-refractivity contribution in [3.8, 4) is 11.1 Å². The second kappa shape index (κ2) is 4.93. The van der Waals surface area contributed by atoms with Crippen LogP contribution in [0.1, 0.15) is 22.8 Å². The van der Waals surface area contributed by atoms with E-state index in [4.69, 9.17) is 0 Å². The minimum absolute atomic E-state index is 0.109. The van der Waals surface area contributed by atoms with Crippen LogP contribution in [-0.2, 0) is 0 Å². The Bertz CT molecular complexity index is 785. The zero-order chi connectivity index (χ0) is 14.1. The van der Waals surface area contributed by atoms with Crippen LogP contribution in [0.2, 0.25) is 0 Å². The summed E-state index contributed by atoms with van der Waals surface area (Å²) < 4.78 is 0. The normalized spacial score (nSPS) is 10.7. The van der Waals surface area contributed by atoms with E-state index in [-0.39, 0.29) is 5.78 Å². The first-order chi connectivity index (χ1) is 9.68. The molecule has 0 heterocycles. The zero-order valence-corrected chi connectivity index (χ0v) is 11.7. The molecule has 0 saturated carbocycles. The Morgan fingerprint density at radius 1 is 0.850 bits per heavy atom. The molecule has 0 bridgehead atoms. The summed E-state index contributed by atoms with van der Waals surface area (Å²) in [6.45, 7) is 3.69. The van der Waals surface area contributed by atoms with Crippen LogP contribution in [0.5, 0.6) is 0 Å². The van der Waals surface area contributed by atoms with E-state index in [1.54, 1.807) is 6.92 Å². The SMILES string of the molecule is CC(=O)c1cc(C)c2ccccc2c1-c1ccccc1. The van der Waals surface area contributed by atoms with Crippen molar-refractivity contribution < 1.29 is 4.79 Å². The quantitative estimate of drug-likeness (QED) is 0.591. The molecule has 1 nitrogen and oxygen atoms in total. The molecule has 0 aliphatic rings. The molecule has 20 heavy (non-hydrogen) atoms. The molecule has 0 aliphatic heterocycles. The van der Waals surface area contributed by atoms with E-state index in [1.807, 2.05) is 36.4 Å². The first-order valence-electron chi connectivity index (χ1n) is 6.77. The van der Waals surface area contributed by atoms with Gasteiger partial charge in [0.25, 0.3) is 0 Å². The van der Waals surface area contributed by atoms with E-state index in [0.717, 1.165) is 27.6 Å². The monoisotopic (exact) mass is 260 g/mol. The third kappa shape index (κ3) is 2.01. The van der Waals surface area contributed by atoms with Gasteiger partial charge in [0.15, 0.2) is 5.78 Å². The Labute approximate surface area is 118 Å². The average Bonchev–Trinajstić information content (AvgIpc) is 2.48. The molecule has 1 heteroatoms. The molecular weight excluding hydrogens is 244 g/mol. The molecule has 0 unspecified atom stereocenters. The zero-order valence-electron chi connectivity index (χ0n) is 11.7. The molecule has 0 aromatic heterocycles. The lowest BCUT2D eigenvalue weighted by Crippen LogP contribution is -1.99. The number of carbonyl (C=O) groups excluding carboxylic acids is 1. The summed E-state index contributed by atoms with van der Waals surface area (Å²) in [7, 11) is 0. The number of aryl methyl sites for hydroxylation is 1. The van der Waals surface area contributed by atoms with Gasteiger partial charge in [-0.05, 0) is 41.8 Å². The summed E-state index contributed by atoms with van der Waals surface area (Å²) in [4.78, 5) is 12.0. The van der Waals surface area contributed by atoms with Gasteiger partial charge in [0.2, 0.25) is 0 Å². The molecule has 3 aromatic rings. The maximum absolute atomic E-state index is 12.0. The van der Waals surface area contributed by atoms with E-state index in [0.29, 0.717) is 0 Å². The van der Waals surface area contributed by atoms with Gasteiger partial charge >= 0.3 is 0 Å². The molecule has 0 spiro atoms. The van der Waals surface area contributed by atoms with Crippen molar-refractivity contribution in [2.75, 3.05) is 0 Å². The lowest BCUT2D eigenvalue weighted by atomic mass is 9.89. The van der Waals surface area contributed by atoms with Gasteiger partial charge in [-0.2, -0.15) is 0 Å². The van der Waals surface area contributed by atoms with Gasteiger partial charge in [-0.25, -0.2) is 0 Å². The number of benzene rings is 3. The van der Waals surface area contributed by atoms with Gasteiger partial charge in [-0.3, -0.25) is 4.79 Å². The first kappa shape index (κ1) is 12.6. The Morgan fingerprint density at radius 3 is 2.10 bits per heavy atom. The molecule has 0 fully saturated rings. The second-order valence-electron chi connectivity index (χ2n) is 5.08. The van der Waals surface area contributed by atoms with Crippen LogP contribution >= 0.6 is 0 Å². The predicted octanol–water partition coefficient (Wildman–Crippen LogP) is 5.02. The van der Waals surface area contributed by atoms with Crippen molar-refractivity contribution >= 4 is 16.6 Å². The summed E-state index contributed by atoms with van der Waals surface area (Å²) in [5.41, 5.74) is 4.08. The molecule has 0 N–H and O–H groups in total. The van der Waals surface area contributed by atoms with Crippen LogP contribution in [0.15, 0.2) is 60.7 Å². The van der Waals surface area contributed by atoms with Crippen molar-refractivity contribution in [2.45, 2.75) is 13.8 Å². The number of Topliss-reactive ketones (excluding diaryl/α,β-unsaturated/α-hetero) is 1. The van der Waals surface area contributed by atoms with Crippen LogP contribution in [0.4, 0.5) is 0 Å². The van der Waals surface area contributed by atoms with Gasteiger partial charge < -0.3 is 0 Å². The van der Waals surface area contributed by atoms with E-state index < -0.39 is 0 Å². The fourth-order valence-electron chi connectivity index (χ4n) is 2.75. The molecule has 0 atom stereocenters. The van der Waals surface area contributed by atoms with Crippen molar-refractivity contribution in [3.63, 3.8) is 0 Å². The molecule has 0 saturated heterocycles. The lowest BCUT2D eigenvalue weighted by Gasteiger charge is -2.14. The second-order valence-corrected chi connectivity index (χ2v) is 5.08. The molecule has 98 valence electrons. The summed E-state index contributed by atoms with van der Waals surface area (Å²) in [5.74, 6) is 0.109. The Kier molecular flexibility index (Phi) is 3.11. The van der Waals surface area contributed by atoms with E-state index in [2.05, 4.69) is 31.2 Å². The van der Waals surface area contributed by atoms with Crippen molar-refractivity contribution in [1.82, 2.24) is 0 Å². The standard InChI is InChI=1S/C19H16O/c1-13-12-18(14(2)20)19(15-8-4-3-5-9-15)17-11-7-6-10-16(13)17/h3-12H,1-2H3. The first-order valence-corrected chi connectivity index (χ1v) is 6.77. The van der Waals surface area contributed by atoms with Gasteiger partial charge in [-0.1, -0.05) is 54.6 Å². The van der Waals surface area contributed by atoms with Crippen LogP contribution in [0.25, 0.3) is 21.9 Å². The lowest BCUT2D eigenvalue weighted by molar-refractivity contribution is 0.101. The largest absolute Gasteiger partial charge is 0.294 e. The fourth-order valence-corrected chi connectivity index (χ4v) is 2.75. The van der Waals surface area contributed by atoms with Crippen LogP contribution in [0.3, 0.4) is 0 Å². The number of ketones is 1. The van der Waals surface area contributed by atoms with E-state index in [1.165, 1.54) is 5.39 Å². The number of rotatable bonds is 2. The number of hydrogen-bond acceptors (Lipinski definition) is 1. The third-order valence-corrected chi connectivity index (χ3v) is 3.69. The fraction of sp³-hybridized carbons (Fsp3) is 0.105. The van der Waals surface area contributed by atoms with Crippen LogP contribution in [-0.4, -0.2) is 5.78 Å². The summed E-state index contributed by atoms with van der Waals surface area (Å²) in [6, 6.07) is 20.4. The molecule has 3 rings (SSSR count). The van der Waals surface area contributed by atoms with E-state index in [9.17, 15) is 4.79 Å². The minimum Gasteiger partial charge on any atom is -0.294 e. The summed E-state index contributed by atoms with van der Waals surface area (Å²) >= 11 is 0. The molecule has 0 radical (unpaired) electrons. The highest BCUT2D eigenvalue weighted by atomic mass is 16.1. The average molecular weight is 260 g/mol. The molecular formula is C19H16O. The number of hydrogen-bond donors (Lipinski definition) is 0. The summed E-state index contributed by atoms with van der Waals surface area (Å²) in [5, 5.41) is 2.35. The van der Waals surface area contributed by atoms with Gasteiger partial charge in [-0.15, -0.1) is 0 Å². The maximum atomic E-state index is 12.0. The molecule has 3 aromatic carbocycles. The molecule has 0 aliphatic carbocycles. The van der Waals surface area contributed by atoms with Crippen molar-refractivity contribution in [2.24, 2.45) is 0 Å². The van der Waals surface area contributed by atoms with Crippen molar-refractivity contribution in [1.29, 1.82) is 0 Å². The highest BCUT2D eigenvalue weighted by molar-refractivity contribution is 6.10. The Balaban J connectivity index is 2.47. The van der Waals surface area contributed by atoms with Gasteiger partial charge in [0, 0.05) is 11.1 Å². The third-order valence-electron chi connectivity index (χ3n) is 3.69. The van der Waals surface area contributed by atoms with Crippen LogP contribution in [0, 0.1) is 6.92 Å². The van der Waals surface area contributed by atoms with E-state index >= 15 is 0 Å². The van der Waals surface area contributed by atoms with Crippen LogP contribution < -0.4 is 0 Å². The number of fused-ring (bicyclic) bond motifs is 1. The highest BCUT2D eigenvalue weighted by Gasteiger charge is 2.14. The number of carbonyl (C=O) groups is 1. The Hall–Kier alpha value is -2.41. The maximum Gasteiger partial charge on any atom is 0.160 e. The van der Waals surface area contributed by atoms with Gasteiger partial charge in [0.1, 0.15) is 0 Å². The van der Waals surface area contributed by atoms with Gasteiger partial charge in [0.05, 0.1) is 0 Å². The van der Waals surface area contributed by atoms with Crippen molar-refractivity contribution in [3.05, 3.63) is 71.8 Å². The smallest absolute Gasteiger partial charge is 0.160 e. The molecule has 0 amide bonds.